The molecule has 0 saturated heterocycles. The molecule has 4 aromatic carbocycles. The summed E-state index contributed by atoms with van der Waals surface area (Å²) < 4.78 is 0. The van der Waals surface area contributed by atoms with Crippen molar-refractivity contribution in [3.63, 3.8) is 0 Å². The van der Waals surface area contributed by atoms with Gasteiger partial charge in [-0.15, -0.1) is 0 Å². The largest absolute Gasteiger partial charge is 0.255 e. The first kappa shape index (κ1) is 23.2. The minimum atomic E-state index is 0.101. The van der Waals surface area contributed by atoms with E-state index in [1.54, 1.807) is 6.20 Å². The van der Waals surface area contributed by atoms with Gasteiger partial charge >= 0.3 is 0 Å². The summed E-state index contributed by atoms with van der Waals surface area (Å²) in [4.78, 5) is 18.2. The highest BCUT2D eigenvalue weighted by Crippen LogP contribution is 2.50. The van der Waals surface area contributed by atoms with E-state index >= 15 is 0 Å². The Kier molecular flexibility index (Phi) is 5.23. The van der Waals surface area contributed by atoms with Crippen molar-refractivity contribution in [3.8, 4) is 44.9 Å². The lowest BCUT2D eigenvalue weighted by atomic mass is 9.74. The lowest BCUT2D eigenvalue weighted by molar-refractivity contribution is 1.10. The van der Waals surface area contributed by atoms with Crippen LogP contribution in [-0.2, 0) is 0 Å². The zero-order chi connectivity index (χ0) is 27.3. The number of pyridine rings is 2. The van der Waals surface area contributed by atoms with Gasteiger partial charge in [-0.05, 0) is 75.8 Å². The van der Waals surface area contributed by atoms with Crippen molar-refractivity contribution in [1.82, 2.24) is 9.97 Å². The number of fused-ring (bicyclic) bond motifs is 8. The van der Waals surface area contributed by atoms with Crippen LogP contribution in [-0.4, -0.2) is 15.7 Å². The average Bonchev–Trinajstić information content (AvgIpc) is 3.45. The summed E-state index contributed by atoms with van der Waals surface area (Å²) >= 11 is 0. The Morgan fingerprint density at radius 2 is 1.32 bits per heavy atom. The molecule has 2 aliphatic rings. The Balaban J connectivity index is 1.31. The summed E-state index contributed by atoms with van der Waals surface area (Å²) in [5, 5.41) is 0. The lowest BCUT2D eigenvalue weighted by Crippen LogP contribution is -2.18. The molecule has 1 atom stereocenters. The fraction of sp³-hybridized carbons (Fsp3) is 0.0270. The van der Waals surface area contributed by atoms with Gasteiger partial charge in [0.25, 0.3) is 0 Å². The van der Waals surface area contributed by atoms with E-state index in [1.165, 1.54) is 16.7 Å². The summed E-state index contributed by atoms with van der Waals surface area (Å²) in [5.74, 6) is 0.101. The molecule has 3 heterocycles. The number of hydrogen-bond acceptors (Lipinski definition) is 3. The lowest BCUT2D eigenvalue weighted by Gasteiger charge is -2.28. The Bertz CT molecular complexity index is 2050. The van der Waals surface area contributed by atoms with E-state index in [9.17, 15) is 0 Å². The molecular weight excluding hydrogens is 500 g/mol. The number of rotatable bonds is 3. The molecule has 0 bridgehead atoms. The summed E-state index contributed by atoms with van der Waals surface area (Å²) in [6.45, 7) is 7.31. The Hall–Kier alpha value is -5.66. The van der Waals surface area contributed by atoms with Crippen molar-refractivity contribution in [3.05, 3.63) is 156 Å². The van der Waals surface area contributed by atoms with Gasteiger partial charge in [0, 0.05) is 17.3 Å². The molecule has 6 aromatic rings. The summed E-state index contributed by atoms with van der Waals surface area (Å²) in [5.41, 5.74) is 14.7. The monoisotopic (exact) mass is 522 g/mol. The van der Waals surface area contributed by atoms with Crippen molar-refractivity contribution in [2.75, 3.05) is 0 Å². The van der Waals surface area contributed by atoms with Crippen molar-refractivity contribution < 1.29 is 0 Å². The maximum Gasteiger partial charge on any atom is 0.187 e. The van der Waals surface area contributed by atoms with Crippen molar-refractivity contribution in [2.24, 2.45) is 4.99 Å². The van der Waals surface area contributed by atoms with Gasteiger partial charge in [0.15, 0.2) is 5.69 Å². The molecular formula is C37H22N4. The van der Waals surface area contributed by atoms with Gasteiger partial charge in [0.05, 0.1) is 41.0 Å². The molecule has 190 valence electrons. The van der Waals surface area contributed by atoms with Crippen molar-refractivity contribution >= 4 is 17.1 Å². The van der Waals surface area contributed by atoms with Crippen LogP contribution < -0.4 is 0 Å². The van der Waals surface area contributed by atoms with Crippen molar-refractivity contribution in [2.45, 2.75) is 5.92 Å². The van der Waals surface area contributed by atoms with Gasteiger partial charge in [0.1, 0.15) is 0 Å². The van der Waals surface area contributed by atoms with Crippen LogP contribution in [0, 0.1) is 6.57 Å². The van der Waals surface area contributed by atoms with E-state index in [-0.39, 0.29) is 5.92 Å². The van der Waals surface area contributed by atoms with Crippen LogP contribution in [0.2, 0.25) is 0 Å². The fourth-order valence-corrected chi connectivity index (χ4v) is 6.06. The molecule has 0 fully saturated rings. The molecule has 0 saturated carbocycles. The summed E-state index contributed by atoms with van der Waals surface area (Å²) in [7, 11) is 0. The number of benzene rings is 4. The first-order chi connectivity index (χ1) is 20.3. The topological polar surface area (TPSA) is 42.5 Å². The SMILES string of the molecule is [C-]#[N+]c1ccc(-c2ccc3c(c2)-c2cc(-c4cccc(-c5ccccn5)n4)ccc2C2=Nc4ccccc4C23)cc1. The highest BCUT2D eigenvalue weighted by molar-refractivity contribution is 6.18. The van der Waals surface area contributed by atoms with Gasteiger partial charge in [-0.3, -0.25) is 9.98 Å². The zero-order valence-electron chi connectivity index (χ0n) is 22.0. The smallest absolute Gasteiger partial charge is 0.187 e. The molecule has 1 aliphatic heterocycles. The quantitative estimate of drug-likeness (QED) is 0.217. The molecule has 0 amide bonds. The van der Waals surface area contributed by atoms with Crippen molar-refractivity contribution in [1.29, 1.82) is 0 Å². The number of nitrogens with zero attached hydrogens (tertiary/aromatic N) is 4. The summed E-state index contributed by atoms with van der Waals surface area (Å²) in [6, 6.07) is 41.6. The first-order valence-corrected chi connectivity index (χ1v) is 13.6. The second-order valence-electron chi connectivity index (χ2n) is 10.3. The molecule has 1 unspecified atom stereocenters. The van der Waals surface area contributed by atoms with Crippen LogP contribution >= 0.6 is 0 Å². The molecule has 1 aliphatic carbocycles. The van der Waals surface area contributed by atoms with Crippen LogP contribution in [0.4, 0.5) is 11.4 Å². The van der Waals surface area contributed by atoms with Gasteiger partial charge in [-0.25, -0.2) is 9.83 Å². The molecule has 0 spiro atoms. The van der Waals surface area contributed by atoms with E-state index < -0.39 is 0 Å². The van der Waals surface area contributed by atoms with Crippen LogP contribution in [0.25, 0.3) is 49.7 Å². The zero-order valence-corrected chi connectivity index (χ0v) is 22.0. The Morgan fingerprint density at radius 1 is 0.561 bits per heavy atom. The third-order valence-corrected chi connectivity index (χ3v) is 8.01. The standard InChI is InChI=1S/C37H22N4/c1-38-26-16-12-23(13-17-26)24-14-18-27-30(21-24)31-22-25(32-10-6-11-35(40-32)34-9-4-5-20-39-34)15-19-28(31)37-36(27)29-7-2-3-8-33(29)41-37/h2-22,36H. The Morgan fingerprint density at radius 3 is 2.17 bits per heavy atom. The highest BCUT2D eigenvalue weighted by atomic mass is 14.8. The summed E-state index contributed by atoms with van der Waals surface area (Å²) in [6.07, 6.45) is 1.79. The minimum absolute atomic E-state index is 0.101. The van der Waals surface area contributed by atoms with Crippen LogP contribution in [0.3, 0.4) is 0 Å². The average molecular weight is 523 g/mol. The molecule has 41 heavy (non-hydrogen) atoms. The third-order valence-electron chi connectivity index (χ3n) is 8.01. The fourth-order valence-electron chi connectivity index (χ4n) is 6.06. The normalized spacial score (nSPS) is 14.2. The number of para-hydroxylation sites is 1. The second kappa shape index (κ2) is 9.22. The van der Waals surface area contributed by atoms with E-state index in [4.69, 9.17) is 16.5 Å². The number of aliphatic imine (C=N–C) groups is 1. The number of hydrogen-bond donors (Lipinski definition) is 0. The predicted octanol–water partition coefficient (Wildman–Crippen LogP) is 9.28. The highest BCUT2D eigenvalue weighted by Gasteiger charge is 2.36. The molecule has 8 rings (SSSR count). The van der Waals surface area contributed by atoms with E-state index in [1.807, 2.05) is 54.6 Å². The Labute approximate surface area is 238 Å². The molecule has 4 nitrogen and oxygen atoms in total. The first-order valence-electron chi connectivity index (χ1n) is 13.6. The molecule has 4 heteroatoms. The van der Waals surface area contributed by atoms with E-state index in [0.717, 1.165) is 56.3 Å². The number of aromatic nitrogens is 2. The van der Waals surface area contributed by atoms with Crippen LogP contribution in [0.5, 0.6) is 0 Å². The minimum Gasteiger partial charge on any atom is -0.255 e. The van der Waals surface area contributed by atoms with E-state index in [2.05, 4.69) is 76.6 Å². The molecule has 2 aromatic heterocycles. The third kappa shape index (κ3) is 3.79. The van der Waals surface area contributed by atoms with Crippen LogP contribution in [0.1, 0.15) is 22.6 Å². The van der Waals surface area contributed by atoms with Gasteiger partial charge in [-0.1, -0.05) is 78.9 Å². The van der Waals surface area contributed by atoms with Crippen LogP contribution in [0.15, 0.2) is 133 Å². The second-order valence-corrected chi connectivity index (χ2v) is 10.3. The molecule has 0 radical (unpaired) electrons. The maximum atomic E-state index is 7.31. The molecule has 0 N–H and O–H groups in total. The van der Waals surface area contributed by atoms with E-state index in [0.29, 0.717) is 5.69 Å². The van der Waals surface area contributed by atoms with Gasteiger partial charge in [-0.2, -0.15) is 0 Å². The predicted molar refractivity (Wildman–Crippen MR) is 165 cm³/mol. The maximum absolute atomic E-state index is 7.31. The van der Waals surface area contributed by atoms with Gasteiger partial charge in [0.2, 0.25) is 0 Å². The van der Waals surface area contributed by atoms with Gasteiger partial charge < -0.3 is 0 Å².